The number of furan rings is 1. The van der Waals surface area contributed by atoms with Crippen LogP contribution in [0, 0.1) is 5.41 Å². The van der Waals surface area contributed by atoms with Crippen LogP contribution in [0.5, 0.6) is 0 Å². The van der Waals surface area contributed by atoms with Crippen molar-refractivity contribution in [2.75, 3.05) is 0 Å². The summed E-state index contributed by atoms with van der Waals surface area (Å²) >= 11 is 0. The van der Waals surface area contributed by atoms with Crippen LogP contribution in [0.3, 0.4) is 0 Å². The van der Waals surface area contributed by atoms with Gasteiger partial charge in [0.2, 0.25) is 0 Å². The first-order valence-electron chi connectivity index (χ1n) is 4.88. The van der Waals surface area contributed by atoms with Crippen molar-refractivity contribution < 1.29 is 19.1 Å². The lowest BCUT2D eigenvalue weighted by atomic mass is 9.86. The monoisotopic (exact) mass is 225 g/mol. The molecule has 0 saturated heterocycles. The maximum absolute atomic E-state index is 11.6. The summed E-state index contributed by atoms with van der Waals surface area (Å²) in [7, 11) is 0. The SMILES string of the molecule is CC(C)(C)[C@H](NC(=O)c1ccoc1)C(=O)O. The Morgan fingerprint density at radius 2 is 2.06 bits per heavy atom. The van der Waals surface area contributed by atoms with Crippen molar-refractivity contribution in [1.82, 2.24) is 5.32 Å². The molecule has 0 radical (unpaired) electrons. The highest BCUT2D eigenvalue weighted by atomic mass is 16.4. The third kappa shape index (κ3) is 2.85. The van der Waals surface area contributed by atoms with E-state index in [0.717, 1.165) is 0 Å². The average molecular weight is 225 g/mol. The molecule has 1 amide bonds. The first kappa shape index (κ1) is 12.3. The summed E-state index contributed by atoms with van der Waals surface area (Å²) in [5, 5.41) is 11.5. The minimum Gasteiger partial charge on any atom is -0.480 e. The lowest BCUT2D eigenvalue weighted by Gasteiger charge is -2.27. The predicted molar refractivity (Wildman–Crippen MR) is 57.1 cm³/mol. The van der Waals surface area contributed by atoms with Gasteiger partial charge in [-0.25, -0.2) is 4.79 Å². The summed E-state index contributed by atoms with van der Waals surface area (Å²) in [6.45, 7) is 5.25. The Labute approximate surface area is 93.4 Å². The standard InChI is InChI=1S/C11H15NO4/c1-11(2,3)8(10(14)15)12-9(13)7-4-5-16-6-7/h4-6,8H,1-3H3,(H,12,13)(H,14,15)/t8-/m1/s1. The molecule has 0 aliphatic rings. The van der Waals surface area contributed by atoms with Crippen molar-refractivity contribution in [3.8, 4) is 0 Å². The molecule has 16 heavy (non-hydrogen) atoms. The Kier molecular flexibility index (Phi) is 3.37. The highest BCUT2D eigenvalue weighted by Crippen LogP contribution is 2.19. The van der Waals surface area contributed by atoms with Crippen molar-refractivity contribution in [2.45, 2.75) is 26.8 Å². The molecule has 0 fully saturated rings. The Morgan fingerprint density at radius 3 is 2.44 bits per heavy atom. The molecular formula is C11H15NO4. The van der Waals surface area contributed by atoms with Crippen molar-refractivity contribution in [1.29, 1.82) is 0 Å². The summed E-state index contributed by atoms with van der Waals surface area (Å²) in [6.07, 6.45) is 2.64. The second-order valence-electron chi connectivity index (χ2n) is 4.62. The van der Waals surface area contributed by atoms with Crippen LogP contribution in [0.4, 0.5) is 0 Å². The summed E-state index contributed by atoms with van der Waals surface area (Å²) in [5.74, 6) is -1.50. The molecule has 1 rings (SSSR count). The molecule has 0 aliphatic carbocycles. The van der Waals surface area contributed by atoms with Crippen LogP contribution < -0.4 is 5.32 Å². The molecule has 1 heterocycles. The zero-order valence-corrected chi connectivity index (χ0v) is 9.48. The van der Waals surface area contributed by atoms with E-state index in [1.807, 2.05) is 0 Å². The predicted octanol–water partition coefficient (Wildman–Crippen LogP) is 1.51. The molecule has 1 aromatic rings. The molecule has 1 aromatic heterocycles. The minimum absolute atomic E-state index is 0.315. The van der Waals surface area contributed by atoms with Crippen LogP contribution in [-0.2, 0) is 4.79 Å². The van der Waals surface area contributed by atoms with E-state index in [0.29, 0.717) is 5.56 Å². The van der Waals surface area contributed by atoms with E-state index in [4.69, 9.17) is 9.52 Å². The molecular weight excluding hydrogens is 210 g/mol. The highest BCUT2D eigenvalue weighted by Gasteiger charge is 2.32. The third-order valence-electron chi connectivity index (χ3n) is 2.17. The molecule has 2 N–H and O–H groups in total. The molecule has 0 aromatic carbocycles. The second-order valence-corrected chi connectivity index (χ2v) is 4.62. The number of hydrogen-bond acceptors (Lipinski definition) is 3. The van der Waals surface area contributed by atoms with Crippen molar-refractivity contribution in [3.63, 3.8) is 0 Å². The van der Waals surface area contributed by atoms with Gasteiger partial charge in [0.1, 0.15) is 12.3 Å². The number of carboxylic acid groups (broad SMARTS) is 1. The molecule has 88 valence electrons. The Hall–Kier alpha value is -1.78. The number of nitrogens with one attached hydrogen (secondary N) is 1. The van der Waals surface area contributed by atoms with Gasteiger partial charge in [0, 0.05) is 0 Å². The molecule has 0 bridgehead atoms. The summed E-state index contributed by atoms with van der Waals surface area (Å²) in [5.41, 5.74) is -0.235. The number of carbonyl (C=O) groups excluding carboxylic acids is 1. The van der Waals surface area contributed by atoms with Crippen LogP contribution in [0.1, 0.15) is 31.1 Å². The fourth-order valence-electron chi connectivity index (χ4n) is 1.26. The number of aliphatic carboxylic acids is 1. The Bertz CT molecular complexity index is 375. The van der Waals surface area contributed by atoms with E-state index >= 15 is 0 Å². The van der Waals surface area contributed by atoms with Crippen molar-refractivity contribution in [2.24, 2.45) is 5.41 Å². The summed E-state index contributed by atoms with van der Waals surface area (Å²) < 4.78 is 4.76. The van der Waals surface area contributed by atoms with Gasteiger partial charge < -0.3 is 14.8 Å². The maximum Gasteiger partial charge on any atom is 0.326 e. The number of hydrogen-bond donors (Lipinski definition) is 2. The van der Waals surface area contributed by atoms with Gasteiger partial charge in [-0.1, -0.05) is 20.8 Å². The van der Waals surface area contributed by atoms with E-state index < -0.39 is 23.3 Å². The van der Waals surface area contributed by atoms with Gasteiger partial charge >= 0.3 is 5.97 Å². The summed E-state index contributed by atoms with van der Waals surface area (Å²) in [4.78, 5) is 22.6. The van der Waals surface area contributed by atoms with Gasteiger partial charge in [0.05, 0.1) is 11.8 Å². The molecule has 1 atom stereocenters. The zero-order valence-electron chi connectivity index (χ0n) is 9.48. The summed E-state index contributed by atoms with van der Waals surface area (Å²) in [6, 6.07) is 0.548. The lowest BCUT2D eigenvalue weighted by Crippen LogP contribution is -2.49. The van der Waals surface area contributed by atoms with E-state index in [1.54, 1.807) is 20.8 Å². The first-order valence-corrected chi connectivity index (χ1v) is 4.88. The molecule has 5 heteroatoms. The largest absolute Gasteiger partial charge is 0.480 e. The topological polar surface area (TPSA) is 79.5 Å². The number of amides is 1. The second kappa shape index (κ2) is 4.38. The molecule has 5 nitrogen and oxygen atoms in total. The molecule has 0 saturated carbocycles. The zero-order chi connectivity index (χ0) is 12.3. The van der Waals surface area contributed by atoms with Gasteiger partial charge in [-0.2, -0.15) is 0 Å². The third-order valence-corrected chi connectivity index (χ3v) is 2.17. The van der Waals surface area contributed by atoms with Crippen LogP contribution in [0.15, 0.2) is 23.0 Å². The first-order chi connectivity index (χ1) is 7.32. The van der Waals surface area contributed by atoms with E-state index in [1.165, 1.54) is 18.6 Å². The van der Waals surface area contributed by atoms with Crippen LogP contribution in [-0.4, -0.2) is 23.0 Å². The van der Waals surface area contributed by atoms with Crippen molar-refractivity contribution >= 4 is 11.9 Å². The quantitative estimate of drug-likeness (QED) is 0.817. The molecule has 0 unspecified atom stereocenters. The van der Waals surface area contributed by atoms with Crippen molar-refractivity contribution in [3.05, 3.63) is 24.2 Å². The van der Waals surface area contributed by atoms with E-state index in [9.17, 15) is 9.59 Å². The van der Waals surface area contributed by atoms with Crippen LogP contribution in [0.25, 0.3) is 0 Å². The van der Waals surface area contributed by atoms with E-state index in [2.05, 4.69) is 5.32 Å². The number of carboxylic acids is 1. The average Bonchev–Trinajstić information content (AvgIpc) is 2.63. The fraction of sp³-hybridized carbons (Fsp3) is 0.455. The van der Waals surface area contributed by atoms with Gasteiger partial charge in [0.15, 0.2) is 0 Å². The maximum atomic E-state index is 11.6. The normalized spacial score (nSPS) is 13.2. The Morgan fingerprint density at radius 1 is 1.44 bits per heavy atom. The minimum atomic E-state index is -1.05. The number of carbonyl (C=O) groups is 2. The molecule has 0 spiro atoms. The fourth-order valence-corrected chi connectivity index (χ4v) is 1.26. The smallest absolute Gasteiger partial charge is 0.326 e. The van der Waals surface area contributed by atoms with Crippen LogP contribution >= 0.6 is 0 Å². The van der Waals surface area contributed by atoms with Gasteiger partial charge in [-0.3, -0.25) is 4.79 Å². The highest BCUT2D eigenvalue weighted by molar-refractivity contribution is 5.96. The lowest BCUT2D eigenvalue weighted by molar-refractivity contribution is -0.142. The molecule has 0 aliphatic heterocycles. The Balaban J connectivity index is 2.78. The number of rotatable bonds is 3. The van der Waals surface area contributed by atoms with Gasteiger partial charge in [-0.05, 0) is 11.5 Å². The van der Waals surface area contributed by atoms with Gasteiger partial charge in [0.25, 0.3) is 5.91 Å². The van der Waals surface area contributed by atoms with Gasteiger partial charge in [-0.15, -0.1) is 0 Å². The van der Waals surface area contributed by atoms with E-state index in [-0.39, 0.29) is 0 Å². The van der Waals surface area contributed by atoms with Crippen LogP contribution in [0.2, 0.25) is 0 Å².